The highest BCUT2D eigenvalue weighted by atomic mass is 16.5. The maximum atomic E-state index is 12.7. The highest BCUT2D eigenvalue weighted by Crippen LogP contribution is 2.29. The molecule has 6 nitrogen and oxygen atoms in total. The molecular formula is C17H28N2O4. The van der Waals surface area contributed by atoms with Gasteiger partial charge in [0.05, 0.1) is 12.5 Å². The molecule has 130 valence electrons. The summed E-state index contributed by atoms with van der Waals surface area (Å²) in [5.41, 5.74) is 0. The van der Waals surface area contributed by atoms with Gasteiger partial charge in [-0.3, -0.25) is 14.4 Å². The van der Waals surface area contributed by atoms with Gasteiger partial charge in [0.1, 0.15) is 6.04 Å². The molecule has 2 rings (SSSR count). The van der Waals surface area contributed by atoms with E-state index in [1.54, 1.807) is 11.8 Å². The number of rotatable bonds is 7. The number of esters is 1. The molecule has 2 aliphatic rings. The Bertz CT molecular complexity index is 440. The van der Waals surface area contributed by atoms with Crippen LogP contribution in [0.15, 0.2) is 0 Å². The van der Waals surface area contributed by atoms with E-state index in [9.17, 15) is 14.4 Å². The van der Waals surface area contributed by atoms with Gasteiger partial charge >= 0.3 is 5.97 Å². The SMILES string of the molecule is CCCC(NC(=O)C1CC1)C(=O)N1CCC(C(=O)OCC)CC1. The number of piperidine rings is 1. The van der Waals surface area contributed by atoms with Crippen LogP contribution in [0.2, 0.25) is 0 Å². The first-order chi connectivity index (χ1) is 11.1. The van der Waals surface area contributed by atoms with E-state index in [0.717, 1.165) is 19.3 Å². The molecule has 1 saturated carbocycles. The number of carbonyl (C=O) groups excluding carboxylic acids is 3. The summed E-state index contributed by atoms with van der Waals surface area (Å²) in [5.74, 6) is -0.158. The smallest absolute Gasteiger partial charge is 0.309 e. The lowest BCUT2D eigenvalue weighted by molar-refractivity contribution is -0.151. The average molecular weight is 324 g/mol. The summed E-state index contributed by atoms with van der Waals surface area (Å²) in [6.07, 6.45) is 4.66. The lowest BCUT2D eigenvalue weighted by atomic mass is 9.96. The van der Waals surface area contributed by atoms with Gasteiger partial charge in [-0.1, -0.05) is 13.3 Å². The predicted octanol–water partition coefficient (Wildman–Crippen LogP) is 1.48. The van der Waals surface area contributed by atoms with Crippen molar-refractivity contribution in [3.63, 3.8) is 0 Å². The van der Waals surface area contributed by atoms with Crippen LogP contribution >= 0.6 is 0 Å². The topological polar surface area (TPSA) is 75.7 Å². The number of carbonyl (C=O) groups is 3. The van der Waals surface area contributed by atoms with Crippen LogP contribution in [0.4, 0.5) is 0 Å². The fourth-order valence-electron chi connectivity index (χ4n) is 3.00. The van der Waals surface area contributed by atoms with Crippen LogP contribution in [-0.2, 0) is 19.1 Å². The van der Waals surface area contributed by atoms with Crippen LogP contribution in [0.1, 0.15) is 52.4 Å². The van der Waals surface area contributed by atoms with Crippen LogP contribution in [-0.4, -0.2) is 48.4 Å². The van der Waals surface area contributed by atoms with E-state index in [1.807, 2.05) is 6.92 Å². The highest BCUT2D eigenvalue weighted by molar-refractivity contribution is 5.89. The van der Waals surface area contributed by atoms with Crippen molar-refractivity contribution in [2.75, 3.05) is 19.7 Å². The summed E-state index contributed by atoms with van der Waals surface area (Å²) in [6, 6.07) is -0.424. The Morgan fingerprint density at radius 3 is 2.26 bits per heavy atom. The lowest BCUT2D eigenvalue weighted by Gasteiger charge is -2.33. The van der Waals surface area contributed by atoms with Crippen molar-refractivity contribution in [3.05, 3.63) is 0 Å². The second kappa shape index (κ2) is 8.31. The fourth-order valence-corrected chi connectivity index (χ4v) is 3.00. The molecule has 0 bridgehead atoms. The van der Waals surface area contributed by atoms with Gasteiger partial charge in [0.25, 0.3) is 0 Å². The quantitative estimate of drug-likeness (QED) is 0.720. The predicted molar refractivity (Wildman–Crippen MR) is 85.5 cm³/mol. The van der Waals surface area contributed by atoms with Crippen LogP contribution < -0.4 is 5.32 Å². The van der Waals surface area contributed by atoms with Crippen LogP contribution in [0, 0.1) is 11.8 Å². The first kappa shape index (κ1) is 17.8. The summed E-state index contributed by atoms with van der Waals surface area (Å²) < 4.78 is 5.05. The van der Waals surface area contributed by atoms with Gasteiger partial charge < -0.3 is 15.0 Å². The number of likely N-dealkylation sites (tertiary alicyclic amines) is 1. The van der Waals surface area contributed by atoms with E-state index in [4.69, 9.17) is 4.74 Å². The Kier molecular flexibility index (Phi) is 6.42. The number of nitrogens with one attached hydrogen (secondary N) is 1. The van der Waals surface area contributed by atoms with Gasteiger partial charge in [-0.05, 0) is 39.0 Å². The molecule has 1 heterocycles. The highest BCUT2D eigenvalue weighted by Gasteiger charge is 2.35. The summed E-state index contributed by atoms with van der Waals surface area (Å²) in [6.45, 7) is 5.32. The van der Waals surface area contributed by atoms with Gasteiger partial charge in [0.2, 0.25) is 11.8 Å². The largest absolute Gasteiger partial charge is 0.466 e. The Hall–Kier alpha value is -1.59. The zero-order valence-electron chi connectivity index (χ0n) is 14.2. The fraction of sp³-hybridized carbons (Fsp3) is 0.824. The van der Waals surface area contributed by atoms with Gasteiger partial charge in [-0.15, -0.1) is 0 Å². The second-order valence-corrected chi connectivity index (χ2v) is 6.48. The van der Waals surface area contributed by atoms with Crippen LogP contribution in [0.5, 0.6) is 0 Å². The maximum Gasteiger partial charge on any atom is 0.309 e. The molecule has 0 aromatic carbocycles. The van der Waals surface area contributed by atoms with Crippen molar-refractivity contribution in [2.24, 2.45) is 11.8 Å². The van der Waals surface area contributed by atoms with E-state index in [2.05, 4.69) is 5.32 Å². The number of hydrogen-bond acceptors (Lipinski definition) is 4. The molecule has 2 amide bonds. The van der Waals surface area contributed by atoms with Gasteiger partial charge in [0, 0.05) is 19.0 Å². The van der Waals surface area contributed by atoms with Crippen molar-refractivity contribution < 1.29 is 19.1 Å². The number of amides is 2. The third kappa shape index (κ3) is 4.94. The zero-order valence-corrected chi connectivity index (χ0v) is 14.2. The first-order valence-electron chi connectivity index (χ1n) is 8.82. The van der Waals surface area contributed by atoms with Crippen molar-refractivity contribution in [2.45, 2.75) is 58.4 Å². The summed E-state index contributed by atoms with van der Waals surface area (Å²) in [5, 5.41) is 2.91. The number of hydrogen-bond donors (Lipinski definition) is 1. The molecule has 2 fully saturated rings. The molecule has 1 saturated heterocycles. The minimum atomic E-state index is -0.424. The Balaban J connectivity index is 1.85. The molecule has 6 heteroatoms. The summed E-state index contributed by atoms with van der Waals surface area (Å²) in [7, 11) is 0. The zero-order chi connectivity index (χ0) is 16.8. The van der Waals surface area contributed by atoms with Gasteiger partial charge in [-0.2, -0.15) is 0 Å². The average Bonchev–Trinajstić information content (AvgIpc) is 3.39. The van der Waals surface area contributed by atoms with E-state index < -0.39 is 6.04 Å². The van der Waals surface area contributed by atoms with E-state index in [1.165, 1.54) is 0 Å². The standard InChI is InChI=1S/C17H28N2O4/c1-3-5-14(18-15(20)12-6-7-12)16(21)19-10-8-13(9-11-19)17(22)23-4-2/h12-14H,3-11H2,1-2H3,(H,18,20). The molecule has 0 aromatic rings. The first-order valence-corrected chi connectivity index (χ1v) is 8.82. The van der Waals surface area contributed by atoms with Crippen molar-refractivity contribution >= 4 is 17.8 Å². The molecule has 0 aromatic heterocycles. The molecular weight excluding hydrogens is 296 g/mol. The monoisotopic (exact) mass is 324 g/mol. The molecule has 1 atom stereocenters. The van der Waals surface area contributed by atoms with Crippen LogP contribution in [0.25, 0.3) is 0 Å². The molecule has 1 aliphatic heterocycles. The van der Waals surface area contributed by atoms with Crippen molar-refractivity contribution in [3.8, 4) is 0 Å². The Morgan fingerprint density at radius 1 is 1.09 bits per heavy atom. The number of ether oxygens (including phenoxy) is 1. The normalized spacial score (nSPS) is 20.0. The van der Waals surface area contributed by atoms with Gasteiger partial charge in [0.15, 0.2) is 0 Å². The Labute approximate surface area is 137 Å². The maximum absolute atomic E-state index is 12.7. The van der Waals surface area contributed by atoms with Crippen LogP contribution in [0.3, 0.4) is 0 Å². The second-order valence-electron chi connectivity index (χ2n) is 6.48. The molecule has 1 aliphatic carbocycles. The molecule has 0 spiro atoms. The third-order valence-electron chi connectivity index (χ3n) is 4.57. The van der Waals surface area contributed by atoms with Crippen molar-refractivity contribution in [1.29, 1.82) is 0 Å². The molecule has 0 radical (unpaired) electrons. The van der Waals surface area contributed by atoms with E-state index in [-0.39, 0.29) is 29.6 Å². The van der Waals surface area contributed by atoms with E-state index >= 15 is 0 Å². The number of nitrogens with zero attached hydrogens (tertiary/aromatic N) is 1. The Morgan fingerprint density at radius 2 is 1.74 bits per heavy atom. The minimum absolute atomic E-state index is 0.0110. The molecule has 23 heavy (non-hydrogen) atoms. The molecule has 1 N–H and O–H groups in total. The van der Waals surface area contributed by atoms with E-state index in [0.29, 0.717) is 39.0 Å². The van der Waals surface area contributed by atoms with Crippen molar-refractivity contribution in [1.82, 2.24) is 10.2 Å². The summed E-state index contributed by atoms with van der Waals surface area (Å²) >= 11 is 0. The summed E-state index contributed by atoms with van der Waals surface area (Å²) in [4.78, 5) is 38.1. The third-order valence-corrected chi connectivity index (χ3v) is 4.57. The van der Waals surface area contributed by atoms with Gasteiger partial charge in [-0.25, -0.2) is 0 Å². The minimum Gasteiger partial charge on any atom is -0.466 e. The lowest BCUT2D eigenvalue weighted by Crippen LogP contribution is -2.51. The molecule has 1 unspecified atom stereocenters.